The van der Waals surface area contributed by atoms with Crippen LogP contribution in [0.1, 0.15) is 17.7 Å². The molecule has 1 rings (SSSR count). The molecule has 0 aliphatic heterocycles. The van der Waals surface area contributed by atoms with Crippen LogP contribution in [0.2, 0.25) is 0 Å². The van der Waals surface area contributed by atoms with E-state index >= 15 is 0 Å². The van der Waals surface area contributed by atoms with Crippen LogP contribution >= 0.6 is 0 Å². The number of para-hydroxylation sites is 1. The van der Waals surface area contributed by atoms with Gasteiger partial charge < -0.3 is 15.6 Å². The van der Waals surface area contributed by atoms with Crippen LogP contribution in [0.15, 0.2) is 24.3 Å². The summed E-state index contributed by atoms with van der Waals surface area (Å²) < 4.78 is 29.3. The molecule has 0 aliphatic rings. The summed E-state index contributed by atoms with van der Waals surface area (Å²) in [6.07, 6.45) is 0. The molecule has 0 aromatic heterocycles. The third-order valence-corrected chi connectivity index (χ3v) is 4.97. The lowest BCUT2D eigenvalue weighted by Gasteiger charge is -2.22. The Morgan fingerprint density at radius 1 is 1.42 bits per heavy atom. The van der Waals surface area contributed by atoms with Gasteiger partial charge >= 0.3 is 5.97 Å². The standard InChI is InChI=1S/C12H17NO5S/c1-3-19(16,17)11(10(13)12(14)15)8-6-4-5-7-9(8)18-2/h4-7,10-11H,3,13H2,1-2H3,(H,14,15)/t10-,11?/m0/s1. The molecule has 1 aromatic rings. The zero-order valence-corrected chi connectivity index (χ0v) is 11.6. The minimum Gasteiger partial charge on any atom is -0.496 e. The Morgan fingerprint density at radius 2 is 2.00 bits per heavy atom. The van der Waals surface area contributed by atoms with Gasteiger partial charge in [0.1, 0.15) is 17.0 Å². The number of carboxylic acid groups (broad SMARTS) is 1. The van der Waals surface area contributed by atoms with Crippen LogP contribution in [-0.4, -0.2) is 38.4 Å². The van der Waals surface area contributed by atoms with E-state index in [1.54, 1.807) is 18.2 Å². The smallest absolute Gasteiger partial charge is 0.322 e. The van der Waals surface area contributed by atoms with Crippen molar-refractivity contribution in [3.05, 3.63) is 29.8 Å². The second-order valence-electron chi connectivity index (χ2n) is 3.98. The fourth-order valence-electron chi connectivity index (χ4n) is 1.82. The molecule has 0 saturated carbocycles. The fraction of sp³-hybridized carbons (Fsp3) is 0.417. The normalized spacial score (nSPS) is 14.7. The van der Waals surface area contributed by atoms with Crippen molar-refractivity contribution in [2.24, 2.45) is 5.73 Å². The monoisotopic (exact) mass is 287 g/mol. The summed E-state index contributed by atoms with van der Waals surface area (Å²) in [7, 11) is -2.29. The van der Waals surface area contributed by atoms with E-state index in [1.807, 2.05) is 0 Å². The molecule has 0 radical (unpaired) electrons. The first-order valence-electron chi connectivity index (χ1n) is 5.68. The summed E-state index contributed by atoms with van der Waals surface area (Å²) in [5.41, 5.74) is 5.81. The zero-order valence-electron chi connectivity index (χ0n) is 10.7. The Bertz CT molecular complexity index is 555. The molecule has 0 saturated heterocycles. The number of hydrogen-bond donors (Lipinski definition) is 2. The number of aliphatic carboxylic acids is 1. The van der Waals surface area contributed by atoms with E-state index in [9.17, 15) is 13.2 Å². The summed E-state index contributed by atoms with van der Waals surface area (Å²) in [6, 6.07) is 4.83. The van der Waals surface area contributed by atoms with Gasteiger partial charge in [-0.3, -0.25) is 4.79 Å². The SMILES string of the molecule is CCS(=O)(=O)C(c1ccccc1OC)[C@H](N)C(=O)O. The lowest BCUT2D eigenvalue weighted by atomic mass is 10.0. The molecule has 7 heteroatoms. The minimum atomic E-state index is -3.68. The molecule has 0 amide bonds. The fourth-order valence-corrected chi connectivity index (χ4v) is 3.32. The Kier molecular flexibility index (Phi) is 4.90. The van der Waals surface area contributed by atoms with Gasteiger partial charge in [0.05, 0.1) is 7.11 Å². The number of benzene rings is 1. The number of sulfone groups is 1. The number of carbonyl (C=O) groups is 1. The van der Waals surface area contributed by atoms with Crippen molar-refractivity contribution in [1.29, 1.82) is 0 Å². The molecule has 6 nitrogen and oxygen atoms in total. The molecule has 19 heavy (non-hydrogen) atoms. The molecule has 2 atom stereocenters. The highest BCUT2D eigenvalue weighted by Crippen LogP contribution is 2.33. The highest BCUT2D eigenvalue weighted by Gasteiger charge is 2.37. The molecular formula is C12H17NO5S. The van der Waals surface area contributed by atoms with Crippen molar-refractivity contribution in [3.63, 3.8) is 0 Å². The molecular weight excluding hydrogens is 270 g/mol. The Balaban J connectivity index is 3.44. The first-order chi connectivity index (χ1) is 8.85. The van der Waals surface area contributed by atoms with Crippen LogP contribution < -0.4 is 10.5 Å². The summed E-state index contributed by atoms with van der Waals surface area (Å²) in [5.74, 6) is -1.26. The van der Waals surface area contributed by atoms with Gasteiger partial charge in [0, 0.05) is 11.3 Å². The molecule has 0 heterocycles. The van der Waals surface area contributed by atoms with Crippen LogP contribution in [0.5, 0.6) is 5.75 Å². The van der Waals surface area contributed by atoms with Crippen LogP contribution in [0, 0.1) is 0 Å². The molecule has 1 unspecified atom stereocenters. The number of ether oxygens (including phenoxy) is 1. The summed E-state index contributed by atoms with van der Waals surface area (Å²) in [5, 5.41) is 7.68. The van der Waals surface area contributed by atoms with E-state index in [2.05, 4.69) is 0 Å². The van der Waals surface area contributed by atoms with Gasteiger partial charge in [-0.15, -0.1) is 0 Å². The van der Waals surface area contributed by atoms with E-state index in [0.29, 0.717) is 5.75 Å². The van der Waals surface area contributed by atoms with E-state index < -0.39 is 27.1 Å². The third-order valence-electron chi connectivity index (χ3n) is 2.85. The van der Waals surface area contributed by atoms with Crippen molar-refractivity contribution in [1.82, 2.24) is 0 Å². The van der Waals surface area contributed by atoms with Crippen LogP contribution in [0.25, 0.3) is 0 Å². The average molecular weight is 287 g/mol. The maximum atomic E-state index is 12.1. The maximum Gasteiger partial charge on any atom is 0.322 e. The topological polar surface area (TPSA) is 107 Å². The molecule has 106 valence electrons. The number of methoxy groups -OCH3 is 1. The number of hydrogen-bond acceptors (Lipinski definition) is 5. The number of rotatable bonds is 6. The van der Waals surface area contributed by atoms with Gasteiger partial charge in [0.2, 0.25) is 0 Å². The van der Waals surface area contributed by atoms with Gasteiger partial charge in [0.25, 0.3) is 0 Å². The van der Waals surface area contributed by atoms with E-state index in [4.69, 9.17) is 15.6 Å². The van der Waals surface area contributed by atoms with Gasteiger partial charge in [-0.1, -0.05) is 25.1 Å². The van der Waals surface area contributed by atoms with E-state index in [0.717, 1.165) is 0 Å². The lowest BCUT2D eigenvalue weighted by molar-refractivity contribution is -0.138. The summed E-state index contributed by atoms with van der Waals surface area (Å²) in [4.78, 5) is 11.0. The summed E-state index contributed by atoms with van der Waals surface area (Å²) in [6.45, 7) is 1.45. The first-order valence-corrected chi connectivity index (χ1v) is 7.39. The number of nitrogens with two attached hydrogens (primary N) is 1. The van der Waals surface area contributed by atoms with Crippen LogP contribution in [0.4, 0.5) is 0 Å². The van der Waals surface area contributed by atoms with Crippen molar-refractivity contribution in [3.8, 4) is 5.75 Å². The Labute approximate surface area is 112 Å². The van der Waals surface area contributed by atoms with Crippen molar-refractivity contribution in [2.75, 3.05) is 12.9 Å². The Hall–Kier alpha value is -1.60. The van der Waals surface area contributed by atoms with Gasteiger partial charge in [-0.2, -0.15) is 0 Å². The second-order valence-corrected chi connectivity index (χ2v) is 6.39. The largest absolute Gasteiger partial charge is 0.496 e. The van der Waals surface area contributed by atoms with Crippen LogP contribution in [0.3, 0.4) is 0 Å². The molecule has 3 N–H and O–H groups in total. The highest BCUT2D eigenvalue weighted by molar-refractivity contribution is 7.91. The molecule has 0 aliphatic carbocycles. The molecule has 1 aromatic carbocycles. The van der Waals surface area contributed by atoms with Crippen LogP contribution in [-0.2, 0) is 14.6 Å². The molecule has 0 bridgehead atoms. The minimum absolute atomic E-state index is 0.198. The van der Waals surface area contributed by atoms with Gasteiger partial charge in [-0.25, -0.2) is 8.42 Å². The predicted octanol–water partition coefficient (Wildman–Crippen LogP) is 0.583. The van der Waals surface area contributed by atoms with Gasteiger partial charge in [0.15, 0.2) is 9.84 Å². The maximum absolute atomic E-state index is 12.1. The average Bonchev–Trinajstić information content (AvgIpc) is 2.39. The first kappa shape index (κ1) is 15.5. The lowest BCUT2D eigenvalue weighted by Crippen LogP contribution is -2.41. The van der Waals surface area contributed by atoms with Gasteiger partial charge in [-0.05, 0) is 6.07 Å². The molecule has 0 fully saturated rings. The van der Waals surface area contributed by atoms with Crippen molar-refractivity contribution in [2.45, 2.75) is 18.2 Å². The van der Waals surface area contributed by atoms with Crippen molar-refractivity contribution >= 4 is 15.8 Å². The molecule has 0 spiro atoms. The van der Waals surface area contributed by atoms with E-state index in [-0.39, 0.29) is 11.3 Å². The zero-order chi connectivity index (χ0) is 14.6. The highest BCUT2D eigenvalue weighted by atomic mass is 32.2. The second kappa shape index (κ2) is 6.03. The van der Waals surface area contributed by atoms with Crippen molar-refractivity contribution < 1.29 is 23.1 Å². The predicted molar refractivity (Wildman–Crippen MR) is 70.8 cm³/mol. The number of carboxylic acids is 1. The summed E-state index contributed by atoms with van der Waals surface area (Å²) >= 11 is 0. The Morgan fingerprint density at radius 3 is 2.47 bits per heavy atom. The van der Waals surface area contributed by atoms with E-state index in [1.165, 1.54) is 20.1 Å². The quantitative estimate of drug-likeness (QED) is 0.792. The third kappa shape index (κ3) is 3.24.